The van der Waals surface area contributed by atoms with Crippen LogP contribution in [0.15, 0.2) is 24.3 Å². The molecule has 0 aromatic heterocycles. The molecule has 4 heteroatoms. The maximum absolute atomic E-state index is 8.40. The molecule has 25 heavy (non-hydrogen) atoms. The van der Waals surface area contributed by atoms with Gasteiger partial charge in [-0.15, -0.1) is 0 Å². The summed E-state index contributed by atoms with van der Waals surface area (Å²) in [4.78, 5) is 4.28. The van der Waals surface area contributed by atoms with Crippen LogP contribution in [-0.2, 0) is 0 Å². The molecule has 1 saturated heterocycles. The van der Waals surface area contributed by atoms with Crippen LogP contribution in [0, 0.1) is 5.41 Å². The molecule has 0 bridgehead atoms. The van der Waals surface area contributed by atoms with Crippen LogP contribution in [0.2, 0.25) is 5.02 Å². The summed E-state index contributed by atoms with van der Waals surface area (Å²) in [5.74, 6) is 0.637. The van der Waals surface area contributed by atoms with E-state index in [-0.39, 0.29) is 0 Å². The lowest BCUT2D eigenvalue weighted by Gasteiger charge is -2.21. The topological polar surface area (TPSA) is 30.3 Å². The predicted molar refractivity (Wildman–Crippen MR) is 110 cm³/mol. The number of benzene rings is 1. The van der Waals surface area contributed by atoms with Crippen molar-refractivity contribution < 1.29 is 0 Å². The fourth-order valence-electron chi connectivity index (χ4n) is 3.48. The summed E-state index contributed by atoms with van der Waals surface area (Å²) in [7, 11) is 0. The molecule has 1 aromatic carbocycles. The average molecular weight is 364 g/mol. The summed E-state index contributed by atoms with van der Waals surface area (Å²) in [6.45, 7) is 5.14. The highest BCUT2D eigenvalue weighted by molar-refractivity contribution is 6.30. The van der Waals surface area contributed by atoms with Crippen LogP contribution in [0.25, 0.3) is 0 Å². The molecule has 3 nitrogen and oxygen atoms in total. The van der Waals surface area contributed by atoms with Gasteiger partial charge in [-0.3, -0.25) is 5.41 Å². The van der Waals surface area contributed by atoms with Gasteiger partial charge in [-0.25, -0.2) is 0 Å². The Morgan fingerprint density at radius 1 is 0.840 bits per heavy atom. The summed E-state index contributed by atoms with van der Waals surface area (Å²) in [5, 5.41) is 9.15. The molecule has 2 rings (SSSR count). The molecule has 1 fully saturated rings. The van der Waals surface area contributed by atoms with E-state index in [1.807, 2.05) is 24.3 Å². The lowest BCUT2D eigenvalue weighted by atomic mass is 10.1. The molecule has 0 atom stereocenters. The second-order valence-corrected chi connectivity index (χ2v) is 7.56. The standard InChI is InChI=1S/C21H34ClN3/c1-2-3-4-5-6-7-8-9-10-11-16-24-17-18-25(21(24)23)20-14-12-19(22)13-15-20/h12-15,23H,2-11,16-18H2,1H3. The summed E-state index contributed by atoms with van der Waals surface area (Å²) in [5.41, 5.74) is 1.07. The van der Waals surface area contributed by atoms with Crippen LogP contribution in [0.4, 0.5) is 5.69 Å². The maximum Gasteiger partial charge on any atom is 0.198 e. The highest BCUT2D eigenvalue weighted by Gasteiger charge is 2.25. The van der Waals surface area contributed by atoms with Gasteiger partial charge in [0.15, 0.2) is 5.96 Å². The van der Waals surface area contributed by atoms with Gasteiger partial charge in [0.2, 0.25) is 0 Å². The van der Waals surface area contributed by atoms with Crippen molar-refractivity contribution in [2.45, 2.75) is 71.1 Å². The Morgan fingerprint density at radius 3 is 2.00 bits per heavy atom. The highest BCUT2D eigenvalue weighted by atomic mass is 35.5. The number of nitrogens with one attached hydrogen (secondary N) is 1. The van der Waals surface area contributed by atoms with Gasteiger partial charge in [0.05, 0.1) is 0 Å². The molecule has 0 aliphatic carbocycles. The number of rotatable bonds is 12. The summed E-state index contributed by atoms with van der Waals surface area (Å²) >= 11 is 5.95. The molecular formula is C21H34ClN3. The molecule has 1 aliphatic heterocycles. The number of guanidine groups is 1. The van der Waals surface area contributed by atoms with Crippen molar-refractivity contribution in [3.8, 4) is 0 Å². The maximum atomic E-state index is 8.40. The zero-order valence-corrected chi connectivity index (χ0v) is 16.5. The van der Waals surface area contributed by atoms with Gasteiger partial charge in [0.1, 0.15) is 0 Å². The third kappa shape index (κ3) is 6.89. The molecule has 140 valence electrons. The first kappa shape index (κ1) is 20.1. The van der Waals surface area contributed by atoms with Crippen molar-refractivity contribution in [3.63, 3.8) is 0 Å². The largest absolute Gasteiger partial charge is 0.341 e. The molecule has 1 heterocycles. The van der Waals surface area contributed by atoms with Crippen LogP contribution in [0.1, 0.15) is 71.1 Å². The first-order valence-electron chi connectivity index (χ1n) is 10.1. The van der Waals surface area contributed by atoms with E-state index in [2.05, 4.69) is 16.7 Å². The van der Waals surface area contributed by atoms with E-state index in [9.17, 15) is 0 Å². The van der Waals surface area contributed by atoms with Gasteiger partial charge in [-0.1, -0.05) is 76.3 Å². The Balaban J connectivity index is 1.55. The van der Waals surface area contributed by atoms with Gasteiger partial charge in [0.25, 0.3) is 0 Å². The minimum absolute atomic E-state index is 0.637. The van der Waals surface area contributed by atoms with Gasteiger partial charge < -0.3 is 9.80 Å². The van der Waals surface area contributed by atoms with Crippen molar-refractivity contribution in [2.75, 3.05) is 24.5 Å². The van der Waals surface area contributed by atoms with E-state index in [1.165, 1.54) is 64.2 Å². The first-order chi connectivity index (χ1) is 12.2. The van der Waals surface area contributed by atoms with E-state index in [0.29, 0.717) is 5.96 Å². The highest BCUT2D eigenvalue weighted by Crippen LogP contribution is 2.22. The number of nitrogens with zero attached hydrogens (tertiary/aromatic N) is 2. The number of unbranched alkanes of at least 4 members (excludes halogenated alkanes) is 9. The third-order valence-electron chi connectivity index (χ3n) is 5.07. The van der Waals surface area contributed by atoms with E-state index in [0.717, 1.165) is 30.3 Å². The van der Waals surface area contributed by atoms with E-state index in [1.54, 1.807) is 0 Å². The van der Waals surface area contributed by atoms with Gasteiger partial charge >= 0.3 is 0 Å². The van der Waals surface area contributed by atoms with Crippen LogP contribution in [0.3, 0.4) is 0 Å². The van der Waals surface area contributed by atoms with Crippen molar-refractivity contribution in [1.29, 1.82) is 5.41 Å². The fourth-order valence-corrected chi connectivity index (χ4v) is 3.61. The summed E-state index contributed by atoms with van der Waals surface area (Å²) in [6.07, 6.45) is 13.6. The van der Waals surface area contributed by atoms with Crippen LogP contribution < -0.4 is 4.90 Å². The Bertz CT molecular complexity index is 500. The lowest BCUT2D eigenvalue weighted by molar-refractivity contribution is 0.432. The zero-order chi connectivity index (χ0) is 17.9. The molecule has 0 unspecified atom stereocenters. The van der Waals surface area contributed by atoms with Crippen molar-refractivity contribution in [1.82, 2.24) is 4.90 Å². The molecule has 0 radical (unpaired) electrons. The van der Waals surface area contributed by atoms with Gasteiger partial charge in [-0.2, -0.15) is 0 Å². The molecule has 1 aliphatic rings. The Kier molecular flexibility index (Phi) is 9.17. The van der Waals surface area contributed by atoms with Gasteiger partial charge in [0, 0.05) is 30.3 Å². The Hall–Kier alpha value is -1.22. The van der Waals surface area contributed by atoms with Crippen LogP contribution in [0.5, 0.6) is 0 Å². The normalized spacial score (nSPS) is 14.6. The second kappa shape index (κ2) is 11.4. The lowest BCUT2D eigenvalue weighted by Crippen LogP contribution is -2.33. The zero-order valence-electron chi connectivity index (χ0n) is 15.8. The van der Waals surface area contributed by atoms with Crippen LogP contribution >= 0.6 is 11.6 Å². The number of hydrogen-bond acceptors (Lipinski definition) is 1. The van der Waals surface area contributed by atoms with E-state index in [4.69, 9.17) is 17.0 Å². The third-order valence-corrected chi connectivity index (χ3v) is 5.32. The summed E-state index contributed by atoms with van der Waals surface area (Å²) < 4.78 is 0. The Morgan fingerprint density at radius 2 is 1.40 bits per heavy atom. The Labute approximate surface area is 158 Å². The minimum Gasteiger partial charge on any atom is -0.341 e. The quantitative estimate of drug-likeness (QED) is 0.440. The number of anilines is 1. The molecule has 0 amide bonds. The monoisotopic (exact) mass is 363 g/mol. The average Bonchev–Trinajstić information content (AvgIpc) is 2.98. The number of hydrogen-bond donors (Lipinski definition) is 1. The van der Waals surface area contributed by atoms with Crippen molar-refractivity contribution in [2.24, 2.45) is 0 Å². The van der Waals surface area contributed by atoms with Crippen LogP contribution in [-0.4, -0.2) is 30.5 Å². The smallest absolute Gasteiger partial charge is 0.198 e. The SMILES string of the molecule is CCCCCCCCCCCCN1CCN(c2ccc(Cl)cc2)C1=N. The molecule has 1 N–H and O–H groups in total. The predicted octanol–water partition coefficient (Wildman–Crippen LogP) is 6.32. The van der Waals surface area contributed by atoms with E-state index >= 15 is 0 Å². The first-order valence-corrected chi connectivity index (χ1v) is 10.5. The fraction of sp³-hybridized carbons (Fsp3) is 0.667. The minimum atomic E-state index is 0.637. The number of halogens is 1. The molecule has 0 saturated carbocycles. The summed E-state index contributed by atoms with van der Waals surface area (Å²) in [6, 6.07) is 7.80. The van der Waals surface area contributed by atoms with Gasteiger partial charge in [-0.05, 0) is 30.7 Å². The molecule has 1 aromatic rings. The van der Waals surface area contributed by atoms with E-state index < -0.39 is 0 Å². The second-order valence-electron chi connectivity index (χ2n) is 7.12. The molecular weight excluding hydrogens is 330 g/mol. The molecule has 0 spiro atoms. The van der Waals surface area contributed by atoms with Crippen molar-refractivity contribution in [3.05, 3.63) is 29.3 Å². The van der Waals surface area contributed by atoms with Crippen molar-refractivity contribution >= 4 is 23.2 Å².